The van der Waals surface area contributed by atoms with E-state index in [2.05, 4.69) is 10.6 Å². The SMILES string of the molecule is CNCC(C)C(=O)NC1(c2ccc(F)cc2)CCCC1. The third kappa shape index (κ3) is 3.18. The lowest BCUT2D eigenvalue weighted by Crippen LogP contribution is -2.47. The predicted octanol–water partition coefficient (Wildman–Crippen LogP) is 2.57. The summed E-state index contributed by atoms with van der Waals surface area (Å²) in [7, 11) is 1.84. The van der Waals surface area contributed by atoms with Crippen LogP contribution in [0, 0.1) is 11.7 Å². The largest absolute Gasteiger partial charge is 0.346 e. The van der Waals surface area contributed by atoms with Gasteiger partial charge in [-0.25, -0.2) is 4.39 Å². The zero-order chi connectivity index (χ0) is 14.6. The predicted molar refractivity (Wildman–Crippen MR) is 77.8 cm³/mol. The second-order valence-corrected chi connectivity index (χ2v) is 5.74. The van der Waals surface area contributed by atoms with Crippen molar-refractivity contribution in [3.8, 4) is 0 Å². The lowest BCUT2D eigenvalue weighted by Gasteiger charge is -2.32. The van der Waals surface area contributed by atoms with Crippen LogP contribution in [0.1, 0.15) is 38.2 Å². The summed E-state index contributed by atoms with van der Waals surface area (Å²) < 4.78 is 13.1. The molecule has 0 radical (unpaired) electrons. The zero-order valence-corrected chi connectivity index (χ0v) is 12.2. The maximum Gasteiger partial charge on any atom is 0.224 e. The van der Waals surface area contributed by atoms with Gasteiger partial charge in [0.1, 0.15) is 5.82 Å². The number of nitrogens with one attached hydrogen (secondary N) is 2. The van der Waals surface area contributed by atoms with Crippen molar-refractivity contribution in [2.45, 2.75) is 38.1 Å². The molecule has 110 valence electrons. The summed E-state index contributed by atoms with van der Waals surface area (Å²) in [5, 5.41) is 6.23. The van der Waals surface area contributed by atoms with Gasteiger partial charge in [0.25, 0.3) is 0 Å². The molecule has 1 aromatic rings. The van der Waals surface area contributed by atoms with Crippen molar-refractivity contribution in [3.63, 3.8) is 0 Å². The van der Waals surface area contributed by atoms with Crippen LogP contribution in [0.5, 0.6) is 0 Å². The van der Waals surface area contributed by atoms with E-state index in [1.54, 1.807) is 12.1 Å². The summed E-state index contributed by atoms with van der Waals surface area (Å²) in [5.74, 6) is -0.250. The second-order valence-electron chi connectivity index (χ2n) is 5.74. The second kappa shape index (κ2) is 6.35. The van der Waals surface area contributed by atoms with E-state index < -0.39 is 0 Å². The number of hydrogen-bond donors (Lipinski definition) is 2. The Bertz CT molecular complexity index is 452. The van der Waals surface area contributed by atoms with Gasteiger partial charge in [-0.3, -0.25) is 4.79 Å². The van der Waals surface area contributed by atoms with E-state index in [0.29, 0.717) is 6.54 Å². The Morgan fingerprint density at radius 1 is 1.30 bits per heavy atom. The van der Waals surface area contributed by atoms with Crippen LogP contribution < -0.4 is 10.6 Å². The van der Waals surface area contributed by atoms with Gasteiger partial charge < -0.3 is 10.6 Å². The fourth-order valence-electron chi connectivity index (χ4n) is 2.99. The number of carbonyl (C=O) groups is 1. The molecule has 1 amide bonds. The van der Waals surface area contributed by atoms with Gasteiger partial charge >= 0.3 is 0 Å². The Hall–Kier alpha value is -1.42. The highest BCUT2D eigenvalue weighted by molar-refractivity contribution is 5.79. The van der Waals surface area contributed by atoms with Gasteiger partial charge in [0.2, 0.25) is 5.91 Å². The first-order valence-corrected chi connectivity index (χ1v) is 7.30. The molecule has 0 heterocycles. The van der Waals surface area contributed by atoms with Crippen molar-refractivity contribution < 1.29 is 9.18 Å². The average molecular weight is 278 g/mol. The van der Waals surface area contributed by atoms with Gasteiger partial charge in [-0.05, 0) is 37.6 Å². The van der Waals surface area contributed by atoms with Crippen molar-refractivity contribution in [1.82, 2.24) is 10.6 Å². The molecule has 1 fully saturated rings. The van der Waals surface area contributed by atoms with Crippen LogP contribution in [0.4, 0.5) is 4.39 Å². The van der Waals surface area contributed by atoms with Crippen molar-refractivity contribution in [1.29, 1.82) is 0 Å². The molecule has 0 spiro atoms. The molecule has 4 heteroatoms. The summed E-state index contributed by atoms with van der Waals surface area (Å²) in [6.45, 7) is 2.57. The lowest BCUT2D eigenvalue weighted by molar-refractivity contribution is -0.126. The Morgan fingerprint density at radius 3 is 2.45 bits per heavy atom. The van der Waals surface area contributed by atoms with Crippen LogP contribution in [0.2, 0.25) is 0 Å². The monoisotopic (exact) mass is 278 g/mol. The smallest absolute Gasteiger partial charge is 0.224 e. The van der Waals surface area contributed by atoms with E-state index in [4.69, 9.17) is 0 Å². The molecule has 1 aliphatic rings. The summed E-state index contributed by atoms with van der Waals surface area (Å²) in [6.07, 6.45) is 4.05. The average Bonchev–Trinajstić information content (AvgIpc) is 2.89. The van der Waals surface area contributed by atoms with E-state index in [0.717, 1.165) is 31.2 Å². The van der Waals surface area contributed by atoms with Crippen molar-refractivity contribution in [2.24, 2.45) is 5.92 Å². The minimum atomic E-state index is -0.313. The topological polar surface area (TPSA) is 41.1 Å². The quantitative estimate of drug-likeness (QED) is 0.869. The maximum atomic E-state index is 13.1. The van der Waals surface area contributed by atoms with E-state index >= 15 is 0 Å². The van der Waals surface area contributed by atoms with Crippen molar-refractivity contribution in [3.05, 3.63) is 35.6 Å². The van der Waals surface area contributed by atoms with Crippen LogP contribution in [-0.2, 0) is 10.3 Å². The van der Waals surface area contributed by atoms with E-state index in [9.17, 15) is 9.18 Å². The highest BCUT2D eigenvalue weighted by Crippen LogP contribution is 2.39. The van der Waals surface area contributed by atoms with Gasteiger partial charge in [-0.15, -0.1) is 0 Å². The molecule has 1 atom stereocenters. The molecule has 20 heavy (non-hydrogen) atoms. The van der Waals surface area contributed by atoms with Gasteiger partial charge in [0.05, 0.1) is 5.54 Å². The van der Waals surface area contributed by atoms with Crippen LogP contribution in [0.3, 0.4) is 0 Å². The molecular weight excluding hydrogens is 255 g/mol. The molecule has 1 aliphatic carbocycles. The number of carbonyl (C=O) groups excluding carboxylic acids is 1. The Kier molecular flexibility index (Phi) is 4.76. The Labute approximate surface area is 120 Å². The molecule has 1 aromatic carbocycles. The normalized spacial score (nSPS) is 18.8. The minimum Gasteiger partial charge on any atom is -0.346 e. The van der Waals surface area contributed by atoms with E-state index in [1.165, 1.54) is 12.1 Å². The van der Waals surface area contributed by atoms with E-state index in [1.807, 2.05) is 14.0 Å². The van der Waals surface area contributed by atoms with Gasteiger partial charge in [-0.1, -0.05) is 31.9 Å². The van der Waals surface area contributed by atoms with Crippen molar-refractivity contribution in [2.75, 3.05) is 13.6 Å². The van der Waals surface area contributed by atoms with Crippen LogP contribution in [0.15, 0.2) is 24.3 Å². The summed E-state index contributed by atoms with van der Waals surface area (Å²) in [5.41, 5.74) is 0.702. The molecule has 1 unspecified atom stereocenters. The fourth-order valence-corrected chi connectivity index (χ4v) is 2.99. The van der Waals surface area contributed by atoms with Crippen LogP contribution in [-0.4, -0.2) is 19.5 Å². The highest BCUT2D eigenvalue weighted by atomic mass is 19.1. The molecular formula is C16H23FN2O. The lowest BCUT2D eigenvalue weighted by atomic mass is 9.87. The number of hydrogen-bond acceptors (Lipinski definition) is 2. The van der Waals surface area contributed by atoms with E-state index in [-0.39, 0.29) is 23.2 Å². The first kappa shape index (κ1) is 15.0. The molecule has 0 saturated heterocycles. The number of halogens is 1. The zero-order valence-electron chi connectivity index (χ0n) is 12.2. The van der Waals surface area contributed by atoms with Gasteiger partial charge in [-0.2, -0.15) is 0 Å². The molecule has 1 saturated carbocycles. The minimum absolute atomic E-state index is 0.0607. The van der Waals surface area contributed by atoms with Crippen molar-refractivity contribution >= 4 is 5.91 Å². The first-order valence-electron chi connectivity index (χ1n) is 7.30. The standard InChI is InChI=1S/C16H23FN2O/c1-12(11-18-2)15(20)19-16(9-3-4-10-16)13-5-7-14(17)8-6-13/h5-8,12,18H,3-4,9-11H2,1-2H3,(H,19,20). The molecule has 0 bridgehead atoms. The molecule has 3 nitrogen and oxygen atoms in total. The number of amides is 1. The van der Waals surface area contributed by atoms with Gasteiger partial charge in [0.15, 0.2) is 0 Å². The summed E-state index contributed by atoms with van der Waals surface area (Å²) >= 11 is 0. The fraction of sp³-hybridized carbons (Fsp3) is 0.562. The molecule has 0 aliphatic heterocycles. The molecule has 2 rings (SSSR count). The maximum absolute atomic E-state index is 13.1. The molecule has 2 N–H and O–H groups in total. The van der Waals surface area contributed by atoms with Crippen LogP contribution in [0.25, 0.3) is 0 Å². The Balaban J connectivity index is 2.18. The molecule has 0 aromatic heterocycles. The third-order valence-electron chi connectivity index (χ3n) is 4.17. The Morgan fingerprint density at radius 2 is 1.90 bits per heavy atom. The number of benzene rings is 1. The number of rotatable bonds is 5. The third-order valence-corrected chi connectivity index (χ3v) is 4.17. The summed E-state index contributed by atoms with van der Waals surface area (Å²) in [4.78, 5) is 12.3. The first-order chi connectivity index (χ1) is 9.57. The van der Waals surface area contributed by atoms with Gasteiger partial charge in [0, 0.05) is 12.5 Å². The van der Waals surface area contributed by atoms with Crippen LogP contribution >= 0.6 is 0 Å². The highest BCUT2D eigenvalue weighted by Gasteiger charge is 2.37. The summed E-state index contributed by atoms with van der Waals surface area (Å²) in [6, 6.07) is 6.53.